The molecule has 19 heavy (non-hydrogen) atoms. The van der Waals surface area contributed by atoms with Crippen molar-refractivity contribution in [2.24, 2.45) is 5.92 Å². The number of carboxylic acids is 1. The molecule has 0 radical (unpaired) electrons. The van der Waals surface area contributed by atoms with Gasteiger partial charge in [-0.1, -0.05) is 0 Å². The lowest BCUT2D eigenvalue weighted by atomic mass is 9.78. The zero-order valence-electron chi connectivity index (χ0n) is 11.9. The molecule has 1 aliphatic heterocycles. The molecule has 0 atom stereocenters. The number of nitrogens with zero attached hydrogens (tertiary/aromatic N) is 1. The molecule has 1 aliphatic carbocycles. The lowest BCUT2D eigenvalue weighted by Gasteiger charge is -2.43. The molecule has 0 unspecified atom stereocenters. The van der Waals surface area contributed by atoms with Gasteiger partial charge in [0.2, 0.25) is 0 Å². The van der Waals surface area contributed by atoms with E-state index in [4.69, 9.17) is 9.84 Å². The first-order valence-corrected chi connectivity index (χ1v) is 7.11. The number of aliphatic hydroxyl groups is 1. The lowest BCUT2D eigenvalue weighted by molar-refractivity contribution is -0.146. The molecule has 5 nitrogen and oxygen atoms in total. The van der Waals surface area contributed by atoms with Crippen LogP contribution in [0.4, 0.5) is 0 Å². The number of carbonyl (C=O) groups is 1. The van der Waals surface area contributed by atoms with Crippen LogP contribution in [0.1, 0.15) is 39.5 Å². The fraction of sp³-hybridized carbons (Fsp3) is 0.929. The minimum absolute atomic E-state index is 0.160. The third-order valence-electron chi connectivity index (χ3n) is 4.29. The van der Waals surface area contributed by atoms with Gasteiger partial charge >= 0.3 is 5.97 Å². The van der Waals surface area contributed by atoms with Crippen molar-refractivity contribution in [3.8, 4) is 0 Å². The number of aliphatic carboxylic acids is 1. The molecule has 2 aliphatic rings. The number of ether oxygens (including phenoxy) is 1. The Morgan fingerprint density at radius 2 is 2.00 bits per heavy atom. The van der Waals surface area contributed by atoms with Crippen LogP contribution >= 0.6 is 0 Å². The molecule has 1 heterocycles. The summed E-state index contributed by atoms with van der Waals surface area (Å²) < 4.78 is 5.67. The molecule has 2 fully saturated rings. The van der Waals surface area contributed by atoms with E-state index in [2.05, 4.69) is 18.7 Å². The van der Waals surface area contributed by atoms with Crippen LogP contribution < -0.4 is 0 Å². The highest BCUT2D eigenvalue weighted by atomic mass is 16.5. The van der Waals surface area contributed by atoms with Crippen molar-refractivity contribution in [3.63, 3.8) is 0 Å². The van der Waals surface area contributed by atoms with E-state index in [1.807, 2.05) is 0 Å². The second-order valence-corrected chi connectivity index (χ2v) is 6.66. The summed E-state index contributed by atoms with van der Waals surface area (Å²) in [5, 5.41) is 19.6. The van der Waals surface area contributed by atoms with Crippen molar-refractivity contribution < 1.29 is 19.7 Å². The van der Waals surface area contributed by atoms with E-state index < -0.39 is 11.6 Å². The molecule has 0 aromatic heterocycles. The summed E-state index contributed by atoms with van der Waals surface area (Å²) in [4.78, 5) is 13.2. The normalized spacial score (nSPS) is 36.1. The lowest BCUT2D eigenvalue weighted by Crippen LogP contribution is -2.54. The Morgan fingerprint density at radius 1 is 1.37 bits per heavy atom. The Morgan fingerprint density at radius 3 is 2.53 bits per heavy atom. The summed E-state index contributed by atoms with van der Waals surface area (Å²) in [6.07, 6.45) is 2.34. The second kappa shape index (κ2) is 5.38. The Balaban J connectivity index is 1.87. The van der Waals surface area contributed by atoms with Crippen LogP contribution in [0.3, 0.4) is 0 Å². The van der Waals surface area contributed by atoms with Gasteiger partial charge < -0.3 is 14.9 Å². The molecular weight excluding hydrogens is 246 g/mol. The third-order valence-corrected chi connectivity index (χ3v) is 4.29. The standard InChI is InChI=1S/C14H25NO4/c1-13(2)9-15(7-8-19-13)10-14(18)5-3-11(4-6-14)12(16)17/h11,18H,3-10H2,1-2H3,(H,16,17). The van der Waals surface area contributed by atoms with Crippen LogP contribution in [0.25, 0.3) is 0 Å². The predicted octanol–water partition coefficient (Wildman–Crippen LogP) is 1.10. The fourth-order valence-corrected chi connectivity index (χ4v) is 3.23. The van der Waals surface area contributed by atoms with Crippen LogP contribution in [0.15, 0.2) is 0 Å². The first-order valence-electron chi connectivity index (χ1n) is 7.11. The van der Waals surface area contributed by atoms with Crippen molar-refractivity contribution in [2.45, 2.75) is 50.7 Å². The first kappa shape index (κ1) is 14.8. The fourth-order valence-electron chi connectivity index (χ4n) is 3.23. The van der Waals surface area contributed by atoms with Crippen LogP contribution in [0, 0.1) is 5.92 Å². The number of β-amino-alcohol motifs (C(OH)–C–C–N with tert-alkyl or cyclic N) is 1. The molecule has 5 heteroatoms. The molecule has 0 aromatic carbocycles. The van der Waals surface area contributed by atoms with Gasteiger partial charge in [0.05, 0.1) is 23.7 Å². The SMILES string of the molecule is CC1(C)CN(CC2(O)CCC(C(=O)O)CC2)CCO1. The van der Waals surface area contributed by atoms with Crippen LogP contribution in [-0.2, 0) is 9.53 Å². The van der Waals surface area contributed by atoms with Crippen molar-refractivity contribution in [1.29, 1.82) is 0 Å². The Kier molecular flexibility index (Phi) is 4.18. The maximum Gasteiger partial charge on any atom is 0.306 e. The van der Waals surface area contributed by atoms with E-state index in [0.717, 1.165) is 13.1 Å². The maximum atomic E-state index is 10.9. The average Bonchev–Trinajstić information content (AvgIpc) is 2.27. The van der Waals surface area contributed by atoms with Gasteiger partial charge in [-0.15, -0.1) is 0 Å². The van der Waals surface area contributed by atoms with E-state index in [1.165, 1.54) is 0 Å². The zero-order valence-corrected chi connectivity index (χ0v) is 11.9. The largest absolute Gasteiger partial charge is 0.481 e. The van der Waals surface area contributed by atoms with Gasteiger partial charge in [-0.25, -0.2) is 0 Å². The minimum Gasteiger partial charge on any atom is -0.481 e. The second-order valence-electron chi connectivity index (χ2n) is 6.66. The van der Waals surface area contributed by atoms with Gasteiger partial charge in [-0.2, -0.15) is 0 Å². The van der Waals surface area contributed by atoms with Crippen molar-refractivity contribution >= 4 is 5.97 Å². The Labute approximate surface area is 114 Å². The minimum atomic E-state index is -0.727. The molecule has 2 rings (SSSR count). The molecule has 1 saturated heterocycles. The maximum absolute atomic E-state index is 10.9. The Hall–Kier alpha value is -0.650. The van der Waals surface area contributed by atoms with E-state index >= 15 is 0 Å². The molecule has 1 saturated carbocycles. The van der Waals surface area contributed by atoms with Crippen LogP contribution in [0.5, 0.6) is 0 Å². The van der Waals surface area contributed by atoms with Gasteiger partial charge in [-0.3, -0.25) is 9.69 Å². The average molecular weight is 271 g/mol. The highest BCUT2D eigenvalue weighted by Crippen LogP contribution is 2.33. The number of rotatable bonds is 3. The van der Waals surface area contributed by atoms with Crippen LogP contribution in [0.2, 0.25) is 0 Å². The van der Waals surface area contributed by atoms with Crippen molar-refractivity contribution in [1.82, 2.24) is 4.90 Å². The number of morpholine rings is 1. The van der Waals surface area contributed by atoms with Gasteiger partial charge in [0.15, 0.2) is 0 Å². The highest BCUT2D eigenvalue weighted by Gasteiger charge is 2.38. The molecule has 0 spiro atoms. The number of carboxylic acid groups (broad SMARTS) is 1. The number of hydrogen-bond donors (Lipinski definition) is 2. The van der Waals surface area contributed by atoms with E-state index in [1.54, 1.807) is 0 Å². The Bertz CT molecular complexity index is 334. The van der Waals surface area contributed by atoms with Gasteiger partial charge in [-0.05, 0) is 39.5 Å². The third kappa shape index (κ3) is 3.91. The zero-order chi connectivity index (χ0) is 14.1. The van der Waals surface area contributed by atoms with E-state index in [9.17, 15) is 9.90 Å². The smallest absolute Gasteiger partial charge is 0.306 e. The molecule has 0 amide bonds. The van der Waals surface area contributed by atoms with E-state index in [-0.39, 0.29) is 11.5 Å². The van der Waals surface area contributed by atoms with Gasteiger partial charge in [0.1, 0.15) is 0 Å². The summed E-state index contributed by atoms with van der Waals surface area (Å²) in [5.74, 6) is -1.00. The van der Waals surface area contributed by atoms with E-state index in [0.29, 0.717) is 38.8 Å². The summed E-state index contributed by atoms with van der Waals surface area (Å²) >= 11 is 0. The summed E-state index contributed by atoms with van der Waals surface area (Å²) in [6, 6.07) is 0. The predicted molar refractivity (Wildman–Crippen MR) is 71.0 cm³/mol. The van der Waals surface area contributed by atoms with Crippen molar-refractivity contribution in [2.75, 3.05) is 26.2 Å². The first-order chi connectivity index (χ1) is 8.80. The summed E-state index contributed by atoms with van der Waals surface area (Å²) in [7, 11) is 0. The monoisotopic (exact) mass is 271 g/mol. The van der Waals surface area contributed by atoms with Gasteiger partial charge in [0, 0.05) is 19.6 Å². The molecule has 2 N–H and O–H groups in total. The summed E-state index contributed by atoms with van der Waals surface area (Å²) in [5.41, 5.74) is -0.883. The van der Waals surface area contributed by atoms with Crippen LogP contribution in [-0.4, -0.2) is 58.5 Å². The quantitative estimate of drug-likeness (QED) is 0.804. The van der Waals surface area contributed by atoms with Crippen molar-refractivity contribution in [3.05, 3.63) is 0 Å². The molecule has 110 valence electrons. The summed E-state index contributed by atoms with van der Waals surface area (Å²) in [6.45, 7) is 7.10. The highest BCUT2D eigenvalue weighted by molar-refractivity contribution is 5.70. The number of hydrogen-bond acceptors (Lipinski definition) is 4. The molecule has 0 bridgehead atoms. The van der Waals surface area contributed by atoms with Gasteiger partial charge in [0.25, 0.3) is 0 Å². The topological polar surface area (TPSA) is 70.0 Å². The molecular formula is C14H25NO4. The molecule has 0 aromatic rings.